The number of hydrogen-bond acceptors (Lipinski definition) is 6. The number of halogens is 2. The summed E-state index contributed by atoms with van der Waals surface area (Å²) in [5.41, 5.74) is 4.00. The van der Waals surface area contributed by atoms with E-state index in [1.54, 1.807) is 0 Å². The fourth-order valence-corrected chi connectivity index (χ4v) is 2.41. The van der Waals surface area contributed by atoms with Crippen molar-refractivity contribution in [3.8, 4) is 24.3 Å². The number of unbranched alkanes of at least 4 members (excludes halogenated alkanes) is 14. The van der Waals surface area contributed by atoms with Crippen LogP contribution >= 0.6 is 11.8 Å². The monoisotopic (exact) mass is 697 g/mol. The van der Waals surface area contributed by atoms with Gasteiger partial charge in [-0.15, -0.1) is 0 Å². The van der Waals surface area contributed by atoms with Gasteiger partial charge < -0.3 is 31.9 Å². The van der Waals surface area contributed by atoms with Crippen molar-refractivity contribution in [2.75, 3.05) is 0 Å². The molecule has 0 bridgehead atoms. The normalized spacial score (nSPS) is 6.02. The number of rotatable bonds is 14. The van der Waals surface area contributed by atoms with E-state index >= 15 is 0 Å². The molecule has 13 heteroatoms. The molecule has 0 aromatic heterocycles. The third-order valence-electron chi connectivity index (χ3n) is 4.43. The van der Waals surface area contributed by atoms with Crippen LogP contribution in [0, 0.1) is 45.3 Å². The Labute approximate surface area is 344 Å². The molecular weight excluding hydrogens is 623 g/mol. The second kappa shape index (κ2) is 166. The van der Waals surface area contributed by atoms with Gasteiger partial charge in [-0.25, -0.2) is 5.25 Å². The average molecular weight is 697 g/mol. The average Bonchev–Trinajstić information content (AvgIpc) is 2.98. The van der Waals surface area contributed by atoms with Gasteiger partial charge in [0.25, 0.3) is 0 Å². The van der Waals surface area contributed by atoms with E-state index in [2.05, 4.69) is 86.0 Å². The summed E-state index contributed by atoms with van der Waals surface area (Å²) in [6, 6.07) is 4.94. The molecule has 6 N–H and O–H groups in total. The second-order valence-electron chi connectivity index (χ2n) is 7.98. The van der Waals surface area contributed by atoms with Gasteiger partial charge in [0.2, 0.25) is 0 Å². The fraction of sp³-hybridized carbons (Fsp3) is 0.875. The summed E-state index contributed by atoms with van der Waals surface area (Å²) in [5.74, 6) is 0. The van der Waals surface area contributed by atoms with Gasteiger partial charge in [0.1, 0.15) is 0 Å². The third-order valence-corrected chi connectivity index (χ3v) is 4.43. The van der Waals surface area contributed by atoms with E-state index in [4.69, 9.17) is 21.0 Å². The molecule has 7 nitrogen and oxygen atoms in total. The van der Waals surface area contributed by atoms with Crippen LogP contribution in [0.3, 0.4) is 0 Å². The number of nitriles is 4. The van der Waals surface area contributed by atoms with Crippen molar-refractivity contribution < 1.29 is 77.0 Å². The van der Waals surface area contributed by atoms with Gasteiger partial charge in [0.05, 0.1) is 0 Å². The van der Waals surface area contributed by atoms with Gasteiger partial charge in [0.15, 0.2) is 32.3 Å². The summed E-state index contributed by atoms with van der Waals surface area (Å²) in [6.45, 7) is 17.9. The Hall–Kier alpha value is 0.550. The molecule has 0 spiro atoms. The third kappa shape index (κ3) is 294. The van der Waals surface area contributed by atoms with Crippen molar-refractivity contribution in [1.29, 1.82) is 21.0 Å². The van der Waals surface area contributed by atoms with Gasteiger partial charge in [-0.05, 0) is 11.8 Å². The maximum Gasteiger partial charge on any atom is 1.00 e. The van der Waals surface area contributed by atoms with Crippen molar-refractivity contribution in [3.63, 3.8) is 0 Å². The molecule has 0 aromatic carbocycles. The molecule has 0 heterocycles. The van der Waals surface area contributed by atoms with E-state index in [0.717, 1.165) is 0 Å². The van der Waals surface area contributed by atoms with Crippen LogP contribution in [-0.4, -0.2) is 21.9 Å². The molecule has 0 saturated heterocycles. The number of nitrogens with two attached hydrogens (primary N) is 2. The Morgan fingerprint density at radius 3 is 0.578 bits per heavy atom. The summed E-state index contributed by atoms with van der Waals surface area (Å²) in [4.78, 5) is 0. The first-order valence-corrected chi connectivity index (χ1v) is 15.0. The van der Waals surface area contributed by atoms with Crippen molar-refractivity contribution in [1.82, 2.24) is 0 Å². The van der Waals surface area contributed by atoms with Crippen LogP contribution in [0.15, 0.2) is 0 Å². The first-order chi connectivity index (χ1) is 18.5. The van der Waals surface area contributed by atoms with Crippen LogP contribution < -0.4 is 82.4 Å². The Kier molecular flexibility index (Phi) is 358. The van der Waals surface area contributed by atoms with Crippen LogP contribution in [-0.2, 0) is 0 Å². The molecule has 0 amide bonds. The van der Waals surface area contributed by atoms with E-state index in [1.807, 2.05) is 0 Å². The molecule has 0 rings (SSSR count). The van der Waals surface area contributed by atoms with Crippen molar-refractivity contribution in [2.45, 2.75) is 186 Å². The summed E-state index contributed by atoms with van der Waals surface area (Å²) in [6.07, 6.45) is 25.1. The van der Waals surface area contributed by atoms with Crippen LogP contribution in [0.1, 0.15) is 186 Å². The fourth-order valence-electron chi connectivity index (χ4n) is 2.41. The molecule has 0 aliphatic heterocycles. The summed E-state index contributed by atoms with van der Waals surface area (Å²) in [5, 5.41) is 33.0. The predicted molar refractivity (Wildman–Crippen MR) is 194 cm³/mol. The molecule has 0 unspecified atom stereocenters. The van der Waals surface area contributed by atoms with Crippen molar-refractivity contribution in [2.24, 2.45) is 10.9 Å². The van der Waals surface area contributed by atoms with E-state index in [0.29, 0.717) is 0 Å². The molecule has 6 radical (unpaired) electrons. The van der Waals surface area contributed by atoms with E-state index in [1.165, 1.54) is 140 Å². The van der Waals surface area contributed by atoms with Crippen LogP contribution in [0.5, 0.6) is 0 Å². The zero-order valence-electron chi connectivity index (χ0n) is 30.1. The van der Waals surface area contributed by atoms with Crippen molar-refractivity contribution in [3.05, 3.63) is 0 Å². The minimum atomic E-state index is 0. The standard InChI is InChI=1S/2C8H18.2C5H12.2C2N2.2CH4.BH2N.B.ClH2N.ClH.2Na.H2O/c2*1-3-5-7-8-6-4-2;2*1-3-5-4-2;2*3-1-2-4;;;1-2;;1-2;;;;/h2*3-8H2,1-2H3;2*3-5H2,1-2H3;;;2*1H4;2H2;;2H2;1H;;;1H2/q;;;;;;;;;-1;;;2*+1;/p-1. The number of hydrogen-bond donors (Lipinski definition) is 2. The molecule has 0 aromatic rings. The molecule has 0 fully saturated rings. The van der Waals surface area contributed by atoms with Crippen LogP contribution in [0.2, 0.25) is 0 Å². The SMILES string of the molecule is C.C.CCCCC.CCCCC.CCCCCCCC.CCCCCCCC.N#CC#N.N#CC#N.NCl.O.[B-].[B]N.[Cl-].[Na+].[Na+]. The van der Waals surface area contributed by atoms with Gasteiger partial charge in [-0.1, -0.05) is 186 Å². The molecule has 0 aliphatic rings. The Balaban J connectivity index is -0.0000000178. The van der Waals surface area contributed by atoms with Crippen LogP contribution in [0.25, 0.3) is 0 Å². The molecule has 0 atom stereocenters. The van der Waals surface area contributed by atoms with Crippen LogP contribution in [0.4, 0.5) is 0 Å². The predicted octanol–water partition coefficient (Wildman–Crippen LogP) is 1.40. The summed E-state index contributed by atoms with van der Waals surface area (Å²) in [7, 11) is 4.00. The quantitative estimate of drug-likeness (QED) is 0.157. The topological polar surface area (TPSA) is 179 Å². The van der Waals surface area contributed by atoms with E-state index in [-0.39, 0.29) is 100 Å². The first kappa shape index (κ1) is 96.9. The molecule has 0 saturated carbocycles. The Morgan fingerprint density at radius 1 is 0.422 bits per heavy atom. The van der Waals surface area contributed by atoms with Gasteiger partial charge >= 0.3 is 59.1 Å². The molecule has 260 valence electrons. The summed E-state index contributed by atoms with van der Waals surface area (Å²) >= 11 is 4.14. The zero-order valence-corrected chi connectivity index (χ0v) is 35.6. The zero-order chi connectivity index (χ0) is 31.6. The minimum absolute atomic E-state index is 0. The first-order valence-electron chi connectivity index (χ1n) is 14.6. The van der Waals surface area contributed by atoms with E-state index in [9.17, 15) is 0 Å². The second-order valence-corrected chi connectivity index (χ2v) is 7.98. The molecule has 45 heavy (non-hydrogen) atoms. The number of nitrogens with zero attached hydrogens (tertiary/aromatic N) is 4. The Bertz CT molecular complexity index is 399. The summed E-state index contributed by atoms with van der Waals surface area (Å²) < 4.78 is 0. The maximum atomic E-state index is 7.26. The maximum absolute atomic E-state index is 7.26. The Morgan fingerprint density at radius 2 is 0.533 bits per heavy atom. The molecule has 0 aliphatic carbocycles. The van der Waals surface area contributed by atoms with Crippen molar-refractivity contribution >= 4 is 28.2 Å². The van der Waals surface area contributed by atoms with E-state index < -0.39 is 0 Å². The van der Waals surface area contributed by atoms with Gasteiger partial charge in [0, 0.05) is 0 Å². The largest absolute Gasteiger partial charge is 1.00 e. The smallest absolute Gasteiger partial charge is 1.00 e. The van der Waals surface area contributed by atoms with Gasteiger partial charge in [-0.3, -0.25) is 0 Å². The molecular formula is C32H74B2Cl2N6Na2O. The van der Waals surface area contributed by atoms with Gasteiger partial charge in [-0.2, -0.15) is 21.0 Å². The minimum Gasteiger partial charge on any atom is -1.00 e.